The minimum absolute atomic E-state index is 0. The zero-order valence-corrected chi connectivity index (χ0v) is 13.1. The van der Waals surface area contributed by atoms with Crippen LogP contribution in [0.15, 0.2) is 17.0 Å². The molecule has 0 saturated carbocycles. The molecule has 1 aromatic carbocycles. The van der Waals surface area contributed by atoms with E-state index in [1.165, 1.54) is 12.1 Å². The highest BCUT2D eigenvalue weighted by Gasteiger charge is 2.17. The van der Waals surface area contributed by atoms with Gasteiger partial charge in [0.25, 0.3) is 0 Å². The molecule has 2 N–H and O–H groups in total. The van der Waals surface area contributed by atoms with Gasteiger partial charge in [-0.1, -0.05) is 0 Å². The van der Waals surface area contributed by atoms with Crippen molar-refractivity contribution in [2.75, 3.05) is 13.6 Å². The molecule has 0 spiro atoms. The Kier molecular flexibility index (Phi) is 6.93. The Hall–Kier alpha value is -0.690. The van der Waals surface area contributed by atoms with Gasteiger partial charge in [0.05, 0.1) is 4.90 Å². The van der Waals surface area contributed by atoms with Crippen molar-refractivity contribution < 1.29 is 12.8 Å². The van der Waals surface area contributed by atoms with Crippen molar-refractivity contribution in [2.24, 2.45) is 0 Å². The molecule has 0 bridgehead atoms. The fourth-order valence-electron chi connectivity index (χ4n) is 1.48. The molecule has 4 nitrogen and oxygen atoms in total. The highest BCUT2D eigenvalue weighted by molar-refractivity contribution is 7.89. The molecule has 0 aliphatic carbocycles. The third-order valence-electron chi connectivity index (χ3n) is 2.79. The monoisotopic (exact) mass is 310 g/mol. The molecule has 0 aliphatic rings. The van der Waals surface area contributed by atoms with Gasteiger partial charge in [0.1, 0.15) is 5.82 Å². The standard InChI is InChI=1S/C12H19FN2O2S.ClH/c1-8-5-11(6-9(2)12(8)13)18(16,17)15-7-10(3)14-4;/h5-6,10,14-15H,7H2,1-4H3;1H. The van der Waals surface area contributed by atoms with Crippen molar-refractivity contribution in [2.45, 2.75) is 31.7 Å². The third-order valence-corrected chi connectivity index (χ3v) is 4.20. The highest BCUT2D eigenvalue weighted by Crippen LogP contribution is 2.18. The maximum absolute atomic E-state index is 13.4. The lowest BCUT2D eigenvalue weighted by atomic mass is 10.1. The molecule has 0 saturated heterocycles. The van der Waals surface area contributed by atoms with Gasteiger partial charge in [-0.3, -0.25) is 0 Å². The summed E-state index contributed by atoms with van der Waals surface area (Å²) in [7, 11) is -1.83. The third kappa shape index (κ3) is 4.72. The fourth-order valence-corrected chi connectivity index (χ4v) is 2.78. The van der Waals surface area contributed by atoms with Crippen LogP contribution in [0, 0.1) is 19.7 Å². The Labute approximate surface area is 120 Å². The molecule has 0 fully saturated rings. The van der Waals surface area contributed by atoms with E-state index >= 15 is 0 Å². The predicted octanol–water partition coefficient (Wildman–Crippen LogP) is 1.75. The summed E-state index contributed by atoms with van der Waals surface area (Å²) < 4.78 is 39.9. The summed E-state index contributed by atoms with van der Waals surface area (Å²) in [6.45, 7) is 5.26. The number of benzene rings is 1. The summed E-state index contributed by atoms with van der Waals surface area (Å²) in [4.78, 5) is 0.0993. The van der Waals surface area contributed by atoms with Crippen LogP contribution >= 0.6 is 12.4 Å². The van der Waals surface area contributed by atoms with Crippen molar-refractivity contribution in [3.05, 3.63) is 29.1 Å². The normalized spacial score (nSPS) is 12.9. The van der Waals surface area contributed by atoms with E-state index in [1.807, 2.05) is 6.92 Å². The molecule has 0 aliphatic heterocycles. The Morgan fingerprint density at radius 2 is 1.74 bits per heavy atom. The first kappa shape index (κ1) is 18.3. The Bertz CT molecular complexity index is 512. The quantitative estimate of drug-likeness (QED) is 0.871. The summed E-state index contributed by atoms with van der Waals surface area (Å²) >= 11 is 0. The van der Waals surface area contributed by atoms with Gasteiger partial charge in [0, 0.05) is 12.6 Å². The van der Waals surface area contributed by atoms with Crippen LogP contribution in [0.1, 0.15) is 18.1 Å². The summed E-state index contributed by atoms with van der Waals surface area (Å²) in [5.41, 5.74) is 0.661. The first-order valence-corrected chi connectivity index (χ1v) is 7.20. The first-order valence-electron chi connectivity index (χ1n) is 5.71. The average molecular weight is 311 g/mol. The van der Waals surface area contributed by atoms with Gasteiger partial charge in [-0.2, -0.15) is 0 Å². The molecule has 7 heteroatoms. The zero-order valence-electron chi connectivity index (χ0n) is 11.5. The van der Waals surface area contributed by atoms with Crippen molar-refractivity contribution >= 4 is 22.4 Å². The van der Waals surface area contributed by atoms with Gasteiger partial charge >= 0.3 is 0 Å². The topological polar surface area (TPSA) is 58.2 Å². The van der Waals surface area contributed by atoms with Crippen LogP contribution < -0.4 is 10.0 Å². The van der Waals surface area contributed by atoms with E-state index in [2.05, 4.69) is 10.0 Å². The van der Waals surface area contributed by atoms with Gasteiger partial charge in [-0.25, -0.2) is 17.5 Å². The van der Waals surface area contributed by atoms with Crippen LogP contribution in [-0.2, 0) is 10.0 Å². The lowest BCUT2D eigenvalue weighted by Gasteiger charge is -2.13. The minimum atomic E-state index is -3.58. The first-order chi connectivity index (χ1) is 8.27. The number of nitrogens with one attached hydrogen (secondary N) is 2. The fraction of sp³-hybridized carbons (Fsp3) is 0.500. The summed E-state index contributed by atoms with van der Waals surface area (Å²) in [5, 5.41) is 2.93. The second-order valence-electron chi connectivity index (χ2n) is 4.41. The molecule has 1 atom stereocenters. The molecule has 1 aromatic rings. The van der Waals surface area contributed by atoms with E-state index in [1.54, 1.807) is 20.9 Å². The van der Waals surface area contributed by atoms with Crippen molar-refractivity contribution in [1.29, 1.82) is 0 Å². The molecule has 19 heavy (non-hydrogen) atoms. The molecule has 1 rings (SSSR count). The van der Waals surface area contributed by atoms with E-state index in [0.29, 0.717) is 11.1 Å². The smallest absolute Gasteiger partial charge is 0.240 e. The summed E-state index contributed by atoms with van der Waals surface area (Å²) in [6.07, 6.45) is 0. The van der Waals surface area contributed by atoms with E-state index in [0.717, 1.165) is 0 Å². The van der Waals surface area contributed by atoms with Crippen molar-refractivity contribution in [3.8, 4) is 0 Å². The molecule has 0 radical (unpaired) electrons. The van der Waals surface area contributed by atoms with Gasteiger partial charge in [0.15, 0.2) is 0 Å². The number of aryl methyl sites for hydroxylation is 2. The maximum atomic E-state index is 13.4. The molecular weight excluding hydrogens is 291 g/mol. The Morgan fingerprint density at radius 1 is 1.26 bits per heavy atom. The summed E-state index contributed by atoms with van der Waals surface area (Å²) in [5.74, 6) is -0.363. The predicted molar refractivity (Wildman–Crippen MR) is 76.8 cm³/mol. The van der Waals surface area contributed by atoms with Crippen LogP contribution in [0.3, 0.4) is 0 Å². The number of likely N-dealkylation sites (N-methyl/N-ethyl adjacent to an activating group) is 1. The van der Waals surface area contributed by atoms with E-state index in [9.17, 15) is 12.8 Å². The van der Waals surface area contributed by atoms with Gasteiger partial charge in [-0.05, 0) is 51.1 Å². The van der Waals surface area contributed by atoms with Crippen LogP contribution in [0.4, 0.5) is 4.39 Å². The SMILES string of the molecule is CNC(C)CNS(=O)(=O)c1cc(C)c(F)c(C)c1.Cl. The second kappa shape index (κ2) is 7.19. The lowest BCUT2D eigenvalue weighted by Crippen LogP contribution is -2.37. The van der Waals surface area contributed by atoms with Crippen LogP contribution in [-0.4, -0.2) is 28.1 Å². The van der Waals surface area contributed by atoms with Crippen LogP contribution in [0.2, 0.25) is 0 Å². The molecular formula is C12H20ClFN2O2S. The second-order valence-corrected chi connectivity index (χ2v) is 6.18. The van der Waals surface area contributed by atoms with Crippen LogP contribution in [0.25, 0.3) is 0 Å². The Morgan fingerprint density at radius 3 is 2.16 bits per heavy atom. The average Bonchev–Trinajstić information content (AvgIpc) is 2.32. The number of halogens is 2. The molecule has 0 aromatic heterocycles. The maximum Gasteiger partial charge on any atom is 0.240 e. The lowest BCUT2D eigenvalue weighted by molar-refractivity contribution is 0.553. The number of hydrogen-bond donors (Lipinski definition) is 2. The van der Waals surface area contributed by atoms with Gasteiger partial charge in [0.2, 0.25) is 10.0 Å². The van der Waals surface area contributed by atoms with Crippen molar-refractivity contribution in [3.63, 3.8) is 0 Å². The number of sulfonamides is 1. The van der Waals surface area contributed by atoms with Gasteiger partial charge in [-0.15, -0.1) is 12.4 Å². The van der Waals surface area contributed by atoms with E-state index < -0.39 is 10.0 Å². The molecule has 0 amide bonds. The van der Waals surface area contributed by atoms with Crippen LogP contribution in [0.5, 0.6) is 0 Å². The van der Waals surface area contributed by atoms with E-state index in [4.69, 9.17) is 0 Å². The molecule has 0 heterocycles. The molecule has 110 valence electrons. The summed E-state index contributed by atoms with van der Waals surface area (Å²) in [6, 6.07) is 2.71. The number of hydrogen-bond acceptors (Lipinski definition) is 3. The zero-order chi connectivity index (χ0) is 13.9. The number of rotatable bonds is 5. The van der Waals surface area contributed by atoms with Gasteiger partial charge < -0.3 is 5.32 Å². The highest BCUT2D eigenvalue weighted by atomic mass is 35.5. The van der Waals surface area contributed by atoms with E-state index in [-0.39, 0.29) is 35.7 Å². The largest absolute Gasteiger partial charge is 0.316 e. The van der Waals surface area contributed by atoms with Crippen molar-refractivity contribution in [1.82, 2.24) is 10.0 Å². The molecule has 1 unspecified atom stereocenters. The minimum Gasteiger partial charge on any atom is -0.316 e. The Balaban J connectivity index is 0.00000324.